The number of hydrogen-bond donors (Lipinski definition) is 1. The van der Waals surface area contributed by atoms with Gasteiger partial charge in [-0.05, 0) is 28.8 Å². The molecule has 0 saturated carbocycles. The number of nitrogens with zero attached hydrogens (tertiary/aromatic N) is 4. The van der Waals surface area contributed by atoms with Crippen molar-refractivity contribution in [2.75, 3.05) is 17.7 Å². The Hall–Kier alpha value is -3.39. The Morgan fingerprint density at radius 3 is 2.94 bits per heavy atom. The van der Waals surface area contributed by atoms with E-state index in [1.165, 1.54) is 5.56 Å². The van der Waals surface area contributed by atoms with Crippen molar-refractivity contribution < 1.29 is 9.59 Å². The van der Waals surface area contributed by atoms with E-state index in [1.54, 1.807) is 36.2 Å². The first-order valence-electron chi connectivity index (χ1n) is 10.0. The van der Waals surface area contributed by atoms with Gasteiger partial charge in [0, 0.05) is 36.7 Å². The van der Waals surface area contributed by atoms with Gasteiger partial charge in [0.25, 0.3) is 5.91 Å². The predicted octanol–water partition coefficient (Wildman–Crippen LogP) is 2.73. The first-order chi connectivity index (χ1) is 15.1. The summed E-state index contributed by atoms with van der Waals surface area (Å²) < 4.78 is 1.86. The van der Waals surface area contributed by atoms with Crippen molar-refractivity contribution in [2.24, 2.45) is 4.99 Å². The molecule has 1 atom stereocenters. The molecule has 2 aliphatic heterocycles. The van der Waals surface area contributed by atoms with E-state index in [-0.39, 0.29) is 11.8 Å². The van der Waals surface area contributed by atoms with Crippen molar-refractivity contribution in [1.82, 2.24) is 14.9 Å². The van der Waals surface area contributed by atoms with E-state index in [1.807, 2.05) is 47.2 Å². The fourth-order valence-corrected chi connectivity index (χ4v) is 4.94. The molecule has 0 fully saturated rings. The van der Waals surface area contributed by atoms with Gasteiger partial charge in [0.15, 0.2) is 0 Å². The molecule has 3 heterocycles. The van der Waals surface area contributed by atoms with Gasteiger partial charge in [0.1, 0.15) is 11.7 Å². The molecule has 0 radical (unpaired) electrons. The zero-order chi connectivity index (χ0) is 21.4. The minimum atomic E-state index is -0.627. The van der Waals surface area contributed by atoms with E-state index in [2.05, 4.69) is 21.4 Å². The second kappa shape index (κ2) is 8.03. The summed E-state index contributed by atoms with van der Waals surface area (Å²) in [6, 6.07) is 13.4. The molecule has 2 amide bonds. The van der Waals surface area contributed by atoms with Crippen LogP contribution in [0.4, 0.5) is 5.69 Å². The smallest absolute Gasteiger partial charge is 0.272 e. The molecule has 0 saturated heterocycles. The maximum atomic E-state index is 13.1. The molecule has 156 valence electrons. The summed E-state index contributed by atoms with van der Waals surface area (Å²) >= 11 is 1.58. The number of hydrogen-bond acceptors (Lipinski definition) is 5. The van der Waals surface area contributed by atoms with Gasteiger partial charge in [-0.1, -0.05) is 30.3 Å². The fourth-order valence-electron chi connectivity index (χ4n) is 3.79. The number of aliphatic imine (C=N–C) groups is 1. The topological polar surface area (TPSA) is 79.6 Å². The lowest BCUT2D eigenvalue weighted by Crippen LogP contribution is -2.48. The molecule has 31 heavy (non-hydrogen) atoms. The SMILES string of the molecule is CN1C(=O)[C@@H](NC(=O)c2cn(Cc3ccccc3)cn2)CSc2cc3c(cc21)C=NC3. The van der Waals surface area contributed by atoms with Gasteiger partial charge in [0.05, 0.1) is 18.6 Å². The third-order valence-electron chi connectivity index (χ3n) is 5.49. The highest BCUT2D eigenvalue weighted by Gasteiger charge is 2.31. The van der Waals surface area contributed by atoms with Gasteiger partial charge in [-0.2, -0.15) is 0 Å². The Labute approximate surface area is 184 Å². The zero-order valence-electron chi connectivity index (χ0n) is 17.0. The number of rotatable bonds is 4. The molecule has 0 unspecified atom stereocenters. The van der Waals surface area contributed by atoms with Gasteiger partial charge in [-0.3, -0.25) is 14.6 Å². The van der Waals surface area contributed by atoms with Gasteiger partial charge >= 0.3 is 0 Å². The molecule has 2 aromatic carbocycles. The summed E-state index contributed by atoms with van der Waals surface area (Å²) in [6.45, 7) is 1.30. The number of imidazole rings is 1. The van der Waals surface area contributed by atoms with Crippen LogP contribution in [0.2, 0.25) is 0 Å². The van der Waals surface area contributed by atoms with Crippen LogP contribution in [-0.4, -0.2) is 46.4 Å². The highest BCUT2D eigenvalue weighted by atomic mass is 32.2. The molecule has 8 heteroatoms. The number of likely N-dealkylation sites (N-methyl/N-ethyl adjacent to an activating group) is 1. The van der Waals surface area contributed by atoms with Crippen molar-refractivity contribution in [3.05, 3.63) is 77.4 Å². The molecule has 5 rings (SSSR count). The first kappa shape index (κ1) is 19.6. The second-order valence-corrected chi connectivity index (χ2v) is 8.70. The average molecular weight is 432 g/mol. The lowest BCUT2D eigenvalue weighted by molar-refractivity contribution is -0.119. The standard InChI is InChI=1S/C23H21N5O2S/c1-27-20-7-16-9-24-10-17(16)8-21(20)31-13-19(23(27)30)26-22(29)18-12-28(14-25-18)11-15-5-3-2-4-6-15/h2-9,12,14,19H,10-11,13H2,1H3,(H,26,29)/t19-/m0/s1. The number of amides is 2. The van der Waals surface area contributed by atoms with Crippen LogP contribution >= 0.6 is 11.8 Å². The quantitative estimate of drug-likeness (QED) is 0.689. The van der Waals surface area contributed by atoms with Gasteiger partial charge in [0.2, 0.25) is 5.91 Å². The van der Waals surface area contributed by atoms with Gasteiger partial charge in [-0.15, -0.1) is 11.8 Å². The number of aromatic nitrogens is 2. The molecule has 1 aromatic heterocycles. The lowest BCUT2D eigenvalue weighted by atomic mass is 10.1. The monoisotopic (exact) mass is 431 g/mol. The molecule has 0 aliphatic carbocycles. The Kier molecular flexibility index (Phi) is 5.07. The number of fused-ring (bicyclic) bond motifs is 2. The number of anilines is 1. The van der Waals surface area contributed by atoms with Crippen LogP contribution < -0.4 is 10.2 Å². The predicted molar refractivity (Wildman–Crippen MR) is 121 cm³/mol. The first-order valence-corrected chi connectivity index (χ1v) is 11.0. The molecule has 7 nitrogen and oxygen atoms in total. The third-order valence-corrected chi connectivity index (χ3v) is 6.63. The van der Waals surface area contributed by atoms with Gasteiger partial charge in [-0.25, -0.2) is 4.98 Å². The number of carbonyl (C=O) groups is 2. The van der Waals surface area contributed by atoms with Crippen LogP contribution in [0, 0.1) is 0 Å². The Morgan fingerprint density at radius 1 is 1.26 bits per heavy atom. The highest BCUT2D eigenvalue weighted by molar-refractivity contribution is 7.99. The fraction of sp³-hybridized carbons (Fsp3) is 0.217. The average Bonchev–Trinajstić information content (AvgIpc) is 3.42. The maximum absolute atomic E-state index is 13.1. The third kappa shape index (κ3) is 3.86. The van der Waals surface area contributed by atoms with Crippen LogP contribution in [0.3, 0.4) is 0 Å². The molecule has 3 aromatic rings. The van der Waals surface area contributed by atoms with E-state index in [9.17, 15) is 9.59 Å². The largest absolute Gasteiger partial charge is 0.338 e. The molecule has 2 aliphatic rings. The molecule has 0 bridgehead atoms. The van der Waals surface area contributed by atoms with Crippen molar-refractivity contribution in [3.8, 4) is 0 Å². The van der Waals surface area contributed by atoms with E-state index in [0.29, 0.717) is 24.5 Å². The molecule has 0 spiro atoms. The van der Waals surface area contributed by atoms with Gasteiger partial charge < -0.3 is 14.8 Å². The van der Waals surface area contributed by atoms with Crippen LogP contribution in [0.25, 0.3) is 0 Å². The summed E-state index contributed by atoms with van der Waals surface area (Å²) in [7, 11) is 1.75. The molecular formula is C23H21N5O2S. The van der Waals surface area contributed by atoms with E-state index in [0.717, 1.165) is 21.7 Å². The minimum absolute atomic E-state index is 0.141. The van der Waals surface area contributed by atoms with Crippen molar-refractivity contribution >= 4 is 35.5 Å². The summed E-state index contributed by atoms with van der Waals surface area (Å²) in [6.07, 6.45) is 5.18. The maximum Gasteiger partial charge on any atom is 0.272 e. The molecular weight excluding hydrogens is 410 g/mol. The van der Waals surface area contributed by atoms with Crippen LogP contribution in [-0.2, 0) is 17.9 Å². The van der Waals surface area contributed by atoms with E-state index in [4.69, 9.17) is 0 Å². The summed E-state index contributed by atoms with van der Waals surface area (Å²) in [4.78, 5) is 37.0. The Bertz CT molecular complexity index is 1190. The van der Waals surface area contributed by atoms with Crippen LogP contribution in [0.1, 0.15) is 27.2 Å². The zero-order valence-corrected chi connectivity index (χ0v) is 17.8. The van der Waals surface area contributed by atoms with Crippen molar-refractivity contribution in [1.29, 1.82) is 0 Å². The Morgan fingerprint density at radius 2 is 2.10 bits per heavy atom. The lowest BCUT2D eigenvalue weighted by Gasteiger charge is -2.21. The summed E-state index contributed by atoms with van der Waals surface area (Å²) in [5, 5.41) is 2.87. The van der Waals surface area contributed by atoms with Crippen LogP contribution in [0.15, 0.2) is 64.9 Å². The Balaban J connectivity index is 1.30. The normalized spacial score (nSPS) is 17.3. The second-order valence-electron chi connectivity index (χ2n) is 7.64. The van der Waals surface area contributed by atoms with E-state index >= 15 is 0 Å². The number of nitrogens with one attached hydrogen (secondary N) is 1. The van der Waals surface area contributed by atoms with Crippen LogP contribution in [0.5, 0.6) is 0 Å². The summed E-state index contributed by atoms with van der Waals surface area (Å²) in [5.41, 5.74) is 4.49. The number of carbonyl (C=O) groups excluding carboxylic acids is 2. The van der Waals surface area contributed by atoms with E-state index < -0.39 is 6.04 Å². The summed E-state index contributed by atoms with van der Waals surface area (Å²) in [5.74, 6) is -0.0234. The van der Waals surface area contributed by atoms with Crippen molar-refractivity contribution in [3.63, 3.8) is 0 Å². The van der Waals surface area contributed by atoms with Crippen molar-refractivity contribution in [2.45, 2.75) is 24.0 Å². The highest BCUT2D eigenvalue weighted by Crippen LogP contribution is 2.37. The number of thioether (sulfide) groups is 1. The molecule has 1 N–H and O–H groups in total. The number of benzene rings is 2. The minimum Gasteiger partial charge on any atom is -0.338 e.